The molecule has 0 amide bonds. The van der Waals surface area contributed by atoms with E-state index in [4.69, 9.17) is 5.73 Å². The lowest BCUT2D eigenvalue weighted by Gasteiger charge is -2.57. The molecule has 3 N–H and O–H groups in total. The lowest BCUT2D eigenvalue weighted by molar-refractivity contribution is 0.0398. The molecular weight excluding hydrogens is 234 g/mol. The van der Waals surface area contributed by atoms with Crippen LogP contribution in [0.5, 0.6) is 5.75 Å². The number of phenols is 1. The number of rotatable bonds is 0. The summed E-state index contributed by atoms with van der Waals surface area (Å²) in [7, 11) is 0. The van der Waals surface area contributed by atoms with Crippen LogP contribution in [0.3, 0.4) is 0 Å². The summed E-state index contributed by atoms with van der Waals surface area (Å²) < 4.78 is 0. The van der Waals surface area contributed by atoms with Crippen LogP contribution < -0.4 is 5.73 Å². The van der Waals surface area contributed by atoms with Crippen molar-refractivity contribution in [2.75, 3.05) is 0 Å². The van der Waals surface area contributed by atoms with Crippen molar-refractivity contribution >= 4 is 0 Å². The van der Waals surface area contributed by atoms with E-state index in [0.29, 0.717) is 11.8 Å². The van der Waals surface area contributed by atoms with Crippen molar-refractivity contribution in [3.05, 3.63) is 29.3 Å². The van der Waals surface area contributed by atoms with Gasteiger partial charge in [-0.25, -0.2) is 0 Å². The zero-order valence-corrected chi connectivity index (χ0v) is 11.7. The number of aromatic hydroxyl groups is 1. The third kappa shape index (κ3) is 1.26. The Bertz CT molecular complexity index is 540. The fraction of sp³-hybridized carbons (Fsp3) is 0.647. The number of aryl methyl sites for hydroxylation is 1. The number of hydrogen-bond donors (Lipinski definition) is 2. The van der Waals surface area contributed by atoms with Crippen LogP contribution in [0.15, 0.2) is 18.2 Å². The largest absolute Gasteiger partial charge is 0.508 e. The molecule has 1 aromatic rings. The summed E-state index contributed by atoms with van der Waals surface area (Å²) in [5, 5.41) is 9.89. The van der Waals surface area contributed by atoms with Gasteiger partial charge in [0.05, 0.1) is 0 Å². The molecule has 3 aliphatic rings. The van der Waals surface area contributed by atoms with Crippen LogP contribution >= 0.6 is 0 Å². The molecule has 0 aliphatic heterocycles. The average Bonchev–Trinajstić information content (AvgIpc) is 2.62. The highest BCUT2D eigenvalue weighted by molar-refractivity contribution is 5.45. The van der Waals surface area contributed by atoms with Gasteiger partial charge in [-0.15, -0.1) is 0 Å². The molecule has 0 aromatic heterocycles. The van der Waals surface area contributed by atoms with E-state index < -0.39 is 0 Å². The Morgan fingerprint density at radius 3 is 2.84 bits per heavy atom. The average molecular weight is 257 g/mol. The van der Waals surface area contributed by atoms with E-state index in [0.717, 1.165) is 12.3 Å². The molecule has 0 heterocycles. The summed E-state index contributed by atoms with van der Waals surface area (Å²) >= 11 is 0. The van der Waals surface area contributed by atoms with Crippen molar-refractivity contribution < 1.29 is 5.11 Å². The molecule has 0 radical (unpaired) electrons. The van der Waals surface area contributed by atoms with Gasteiger partial charge in [-0.1, -0.05) is 13.0 Å². The topological polar surface area (TPSA) is 46.2 Å². The Labute approximate surface area is 115 Å². The van der Waals surface area contributed by atoms with Crippen molar-refractivity contribution in [1.82, 2.24) is 0 Å². The monoisotopic (exact) mass is 257 g/mol. The van der Waals surface area contributed by atoms with Crippen molar-refractivity contribution in [1.29, 1.82) is 0 Å². The van der Waals surface area contributed by atoms with E-state index in [1.807, 2.05) is 12.1 Å². The predicted molar refractivity (Wildman–Crippen MR) is 76.1 cm³/mol. The van der Waals surface area contributed by atoms with Gasteiger partial charge in [0.2, 0.25) is 0 Å². The summed E-state index contributed by atoms with van der Waals surface area (Å²) in [6.07, 6.45) is 7.45. The summed E-state index contributed by atoms with van der Waals surface area (Å²) in [4.78, 5) is 0. The first-order valence-corrected chi connectivity index (χ1v) is 7.65. The highest BCUT2D eigenvalue weighted by Crippen LogP contribution is 2.65. The molecule has 4 rings (SSSR count). The van der Waals surface area contributed by atoms with E-state index >= 15 is 0 Å². The smallest absolute Gasteiger partial charge is 0.115 e. The second kappa shape index (κ2) is 3.54. The molecule has 2 saturated carbocycles. The minimum atomic E-state index is 0.172. The molecule has 2 nitrogen and oxygen atoms in total. The van der Waals surface area contributed by atoms with Gasteiger partial charge >= 0.3 is 0 Å². The molecule has 3 aliphatic carbocycles. The lowest BCUT2D eigenvalue weighted by atomic mass is 9.48. The Hall–Kier alpha value is -1.02. The highest BCUT2D eigenvalue weighted by Gasteiger charge is 2.61. The predicted octanol–water partition coefficient (Wildman–Crippen LogP) is 3.11. The molecule has 2 fully saturated rings. The van der Waals surface area contributed by atoms with Crippen LogP contribution in [0.25, 0.3) is 0 Å². The van der Waals surface area contributed by atoms with Crippen LogP contribution in [-0.4, -0.2) is 11.1 Å². The van der Waals surface area contributed by atoms with Crippen LogP contribution in [-0.2, 0) is 11.8 Å². The molecular formula is C17H23NO. The summed E-state index contributed by atoms with van der Waals surface area (Å²) in [5.41, 5.74) is 9.93. The maximum atomic E-state index is 9.89. The van der Waals surface area contributed by atoms with Gasteiger partial charge in [-0.2, -0.15) is 0 Å². The van der Waals surface area contributed by atoms with Gasteiger partial charge < -0.3 is 10.8 Å². The second-order valence-corrected chi connectivity index (χ2v) is 7.19. The fourth-order valence-corrected chi connectivity index (χ4v) is 5.56. The van der Waals surface area contributed by atoms with E-state index in [9.17, 15) is 5.11 Å². The Balaban J connectivity index is 1.93. The molecule has 102 valence electrons. The van der Waals surface area contributed by atoms with Gasteiger partial charge in [-0.05, 0) is 73.1 Å². The molecule has 19 heavy (non-hydrogen) atoms. The third-order valence-corrected chi connectivity index (χ3v) is 6.75. The van der Waals surface area contributed by atoms with Crippen molar-refractivity contribution in [2.24, 2.45) is 17.1 Å². The van der Waals surface area contributed by atoms with Gasteiger partial charge in [0.1, 0.15) is 5.75 Å². The highest BCUT2D eigenvalue weighted by atomic mass is 16.3. The fourth-order valence-electron chi connectivity index (χ4n) is 5.56. The number of phenolic OH excluding ortho intramolecular Hbond substituents is 1. The molecule has 1 spiro atoms. The molecule has 0 saturated heterocycles. The molecule has 4 atom stereocenters. The van der Waals surface area contributed by atoms with Crippen LogP contribution in [0, 0.1) is 11.3 Å². The van der Waals surface area contributed by atoms with Crippen LogP contribution in [0.1, 0.15) is 50.2 Å². The third-order valence-electron chi connectivity index (χ3n) is 6.75. The first-order chi connectivity index (χ1) is 9.07. The van der Waals surface area contributed by atoms with Gasteiger partial charge in [-0.3, -0.25) is 0 Å². The summed E-state index contributed by atoms with van der Waals surface area (Å²) in [5.74, 6) is 1.15. The zero-order chi connectivity index (χ0) is 13.3. The summed E-state index contributed by atoms with van der Waals surface area (Å²) in [6, 6.07) is 6.33. The number of fused-ring (bicyclic) bond motifs is 3. The SMILES string of the molecule is C[C@@]12CC[C@@H]3CC[C@@]1(CCc1ccc(O)cc12)C3N. The first-order valence-electron chi connectivity index (χ1n) is 7.65. The summed E-state index contributed by atoms with van der Waals surface area (Å²) in [6.45, 7) is 2.41. The van der Waals surface area contributed by atoms with Crippen molar-refractivity contribution in [3.8, 4) is 5.75 Å². The Kier molecular flexibility index (Phi) is 2.20. The zero-order valence-electron chi connectivity index (χ0n) is 11.7. The van der Waals surface area contributed by atoms with Crippen LogP contribution in [0.4, 0.5) is 0 Å². The normalized spacial score (nSPS) is 43.7. The van der Waals surface area contributed by atoms with E-state index in [2.05, 4.69) is 13.0 Å². The molecule has 1 aromatic carbocycles. The molecule has 2 bridgehead atoms. The second-order valence-electron chi connectivity index (χ2n) is 7.19. The van der Waals surface area contributed by atoms with Crippen LogP contribution in [0.2, 0.25) is 0 Å². The van der Waals surface area contributed by atoms with Crippen molar-refractivity contribution in [3.63, 3.8) is 0 Å². The lowest BCUT2D eigenvalue weighted by Crippen LogP contribution is -2.58. The molecule has 1 unspecified atom stereocenters. The van der Waals surface area contributed by atoms with Gasteiger partial charge in [0.25, 0.3) is 0 Å². The quantitative estimate of drug-likeness (QED) is 0.750. The molecule has 2 heteroatoms. The van der Waals surface area contributed by atoms with E-state index in [-0.39, 0.29) is 10.8 Å². The minimum Gasteiger partial charge on any atom is -0.508 e. The van der Waals surface area contributed by atoms with E-state index in [1.165, 1.54) is 43.2 Å². The Morgan fingerprint density at radius 1 is 1.21 bits per heavy atom. The first kappa shape index (κ1) is 11.8. The number of benzene rings is 1. The maximum absolute atomic E-state index is 9.89. The Morgan fingerprint density at radius 2 is 2.00 bits per heavy atom. The standard InChI is InChI=1S/C17H23NO/c1-16-7-4-12-6-9-17(16,15(12)18)8-5-11-2-3-13(19)10-14(11)16/h2-3,10,12,15,19H,4-9,18H2,1H3/t12-,15?,16+,17+/m1/s1. The van der Waals surface area contributed by atoms with Gasteiger partial charge in [0.15, 0.2) is 0 Å². The number of nitrogens with two attached hydrogens (primary N) is 1. The maximum Gasteiger partial charge on any atom is 0.115 e. The van der Waals surface area contributed by atoms with Crippen molar-refractivity contribution in [2.45, 2.75) is 56.9 Å². The van der Waals surface area contributed by atoms with E-state index in [1.54, 1.807) is 0 Å². The minimum absolute atomic E-state index is 0.172. The number of hydrogen-bond acceptors (Lipinski definition) is 2. The van der Waals surface area contributed by atoms with Gasteiger partial charge in [0, 0.05) is 11.5 Å².